The van der Waals surface area contributed by atoms with E-state index >= 15 is 0 Å². The number of hydrogen-bond donors (Lipinski definition) is 3. The molecule has 1 saturated heterocycles. The predicted molar refractivity (Wildman–Crippen MR) is 47.5 cm³/mol. The predicted octanol–water partition coefficient (Wildman–Crippen LogP) is -0.620. The molecule has 7 heteroatoms. The second-order valence-corrected chi connectivity index (χ2v) is 3.59. The third-order valence-electron chi connectivity index (χ3n) is 2.26. The molecule has 1 radical (unpaired) electrons. The van der Waals surface area contributed by atoms with Crippen molar-refractivity contribution in [2.24, 2.45) is 0 Å². The molecule has 0 aromatic carbocycles. The van der Waals surface area contributed by atoms with Crippen molar-refractivity contribution in [1.29, 1.82) is 0 Å². The minimum Gasteiger partial charge on any atom is -0.478 e. The van der Waals surface area contributed by atoms with Crippen molar-refractivity contribution in [2.75, 3.05) is 14.1 Å². The van der Waals surface area contributed by atoms with Gasteiger partial charge in [-0.1, -0.05) is 0 Å². The van der Waals surface area contributed by atoms with E-state index in [1.165, 1.54) is 0 Å². The molecular formula is C6H13AuN3O2S. The summed E-state index contributed by atoms with van der Waals surface area (Å²) in [5.74, 6) is -0.996. The van der Waals surface area contributed by atoms with Crippen LogP contribution in [0, 0.1) is 0 Å². The van der Waals surface area contributed by atoms with Crippen molar-refractivity contribution in [1.82, 2.24) is 15.3 Å². The molecule has 5 nitrogen and oxygen atoms in total. The van der Waals surface area contributed by atoms with Crippen LogP contribution in [0.15, 0.2) is 0 Å². The molecule has 2 atom stereocenters. The summed E-state index contributed by atoms with van der Waals surface area (Å²) in [7, 11) is 3.49. The van der Waals surface area contributed by atoms with Crippen LogP contribution in [0.5, 0.6) is 0 Å². The van der Waals surface area contributed by atoms with Gasteiger partial charge in [-0.3, -0.25) is 4.90 Å². The molecule has 81 valence electrons. The van der Waals surface area contributed by atoms with Crippen molar-refractivity contribution < 1.29 is 32.3 Å². The molecule has 2 N–H and O–H groups in total. The van der Waals surface area contributed by atoms with E-state index in [2.05, 4.69) is 18.1 Å². The first-order valence-electron chi connectivity index (χ1n) is 3.59. The van der Waals surface area contributed by atoms with Crippen molar-refractivity contribution in [3.63, 3.8) is 0 Å². The van der Waals surface area contributed by atoms with Crippen molar-refractivity contribution in [2.45, 2.75) is 18.1 Å². The number of hydrogen-bond acceptors (Lipinski definition) is 5. The smallest absolute Gasteiger partial charge is 0.351 e. The maximum atomic E-state index is 10.8. The van der Waals surface area contributed by atoms with E-state index in [1.807, 2.05) is 6.92 Å². The van der Waals surface area contributed by atoms with Gasteiger partial charge in [0.05, 0.1) is 6.17 Å². The normalized spacial score (nSPS) is 35.8. The third kappa shape index (κ3) is 2.10. The maximum Gasteiger partial charge on any atom is 0.351 e. The molecule has 0 bridgehead atoms. The number of hydrazine groups is 1. The van der Waals surface area contributed by atoms with E-state index in [1.54, 1.807) is 24.0 Å². The quantitative estimate of drug-likeness (QED) is 0.413. The fourth-order valence-electron chi connectivity index (χ4n) is 1.15. The Labute approximate surface area is 98.3 Å². The SMILES string of the molecule is CC1N(C)NC(S)(C(=O)O)N1C.[Au]. The number of carboxylic acids is 1. The van der Waals surface area contributed by atoms with Crippen LogP contribution in [0.2, 0.25) is 0 Å². The average molecular weight is 388 g/mol. The van der Waals surface area contributed by atoms with Gasteiger partial charge in [0, 0.05) is 29.4 Å². The summed E-state index contributed by atoms with van der Waals surface area (Å²) in [6, 6.07) is 0. The van der Waals surface area contributed by atoms with Gasteiger partial charge in [-0.15, -0.1) is 12.6 Å². The van der Waals surface area contributed by atoms with Crippen LogP contribution in [-0.2, 0) is 27.2 Å². The molecule has 0 aromatic heterocycles. The summed E-state index contributed by atoms with van der Waals surface area (Å²) in [4.78, 5) is 11.2. The zero-order chi connectivity index (χ0) is 9.52. The molecule has 13 heavy (non-hydrogen) atoms. The summed E-state index contributed by atoms with van der Waals surface area (Å²) in [5.41, 5.74) is 2.75. The molecule has 1 aliphatic rings. The van der Waals surface area contributed by atoms with Crippen LogP contribution in [0.1, 0.15) is 6.92 Å². The molecule has 0 aliphatic carbocycles. The first-order chi connectivity index (χ1) is 5.39. The van der Waals surface area contributed by atoms with Crippen LogP contribution in [0.25, 0.3) is 0 Å². The Hall–Kier alpha value is 0.440. The third-order valence-corrected chi connectivity index (χ3v) is 2.87. The fourth-order valence-corrected chi connectivity index (χ4v) is 1.47. The first kappa shape index (κ1) is 13.4. The van der Waals surface area contributed by atoms with Gasteiger partial charge in [0.2, 0.25) is 4.99 Å². The Kier molecular flexibility index (Phi) is 4.45. The number of carbonyl (C=O) groups is 1. The molecule has 0 saturated carbocycles. The van der Waals surface area contributed by atoms with Gasteiger partial charge in [0.15, 0.2) is 0 Å². The van der Waals surface area contributed by atoms with Gasteiger partial charge in [-0.25, -0.2) is 15.2 Å². The Morgan fingerprint density at radius 3 is 2.23 bits per heavy atom. The first-order valence-corrected chi connectivity index (χ1v) is 4.03. The van der Waals surface area contributed by atoms with Crippen molar-refractivity contribution in [3.8, 4) is 0 Å². The van der Waals surface area contributed by atoms with E-state index in [0.717, 1.165) is 0 Å². The monoisotopic (exact) mass is 388 g/mol. The van der Waals surface area contributed by atoms with E-state index in [9.17, 15) is 4.79 Å². The van der Waals surface area contributed by atoms with Gasteiger partial charge < -0.3 is 5.11 Å². The summed E-state index contributed by atoms with van der Waals surface area (Å²) in [6.07, 6.45) is 0.0126. The van der Waals surface area contributed by atoms with Crippen LogP contribution in [0.4, 0.5) is 0 Å². The maximum absolute atomic E-state index is 10.8. The Bertz CT molecular complexity index is 218. The van der Waals surface area contributed by atoms with Gasteiger partial charge in [-0.05, 0) is 14.0 Å². The minimum absolute atomic E-state index is 0. The number of carboxylic acid groups (broad SMARTS) is 1. The summed E-state index contributed by atoms with van der Waals surface area (Å²) in [6.45, 7) is 1.90. The molecule has 0 aromatic rings. The van der Waals surface area contributed by atoms with Gasteiger partial charge >= 0.3 is 5.97 Å². The number of aliphatic carboxylic acids is 1. The molecule has 1 rings (SSSR count). The fraction of sp³-hybridized carbons (Fsp3) is 0.833. The molecule has 0 spiro atoms. The zero-order valence-electron chi connectivity index (χ0n) is 7.58. The zero-order valence-corrected chi connectivity index (χ0v) is 10.6. The number of rotatable bonds is 1. The van der Waals surface area contributed by atoms with Crippen LogP contribution < -0.4 is 5.43 Å². The van der Waals surface area contributed by atoms with Crippen molar-refractivity contribution in [3.05, 3.63) is 0 Å². The molecule has 1 fully saturated rings. The molecule has 1 aliphatic heterocycles. The topological polar surface area (TPSA) is 55.8 Å². The second-order valence-electron chi connectivity index (χ2n) is 2.94. The van der Waals surface area contributed by atoms with Crippen LogP contribution >= 0.6 is 12.6 Å². The van der Waals surface area contributed by atoms with Gasteiger partial charge in [0.1, 0.15) is 0 Å². The molecule has 0 amide bonds. The summed E-state index contributed by atoms with van der Waals surface area (Å²) in [5, 5.41) is 10.6. The Morgan fingerprint density at radius 1 is 1.62 bits per heavy atom. The van der Waals surface area contributed by atoms with Crippen molar-refractivity contribution >= 4 is 18.6 Å². The number of thiol groups is 1. The minimum atomic E-state index is -1.28. The van der Waals surface area contributed by atoms with E-state index < -0.39 is 11.0 Å². The summed E-state index contributed by atoms with van der Waals surface area (Å²) < 4.78 is 0. The Balaban J connectivity index is 0.00000144. The Morgan fingerprint density at radius 2 is 2.08 bits per heavy atom. The number of nitrogens with one attached hydrogen (secondary N) is 1. The second kappa shape index (κ2) is 4.31. The standard InChI is InChI=1S/C6H13N3O2S.Au/c1-4-8(2)6(12,5(10)11)7-9(4)3;/h4,7,12H,1-3H3,(H,10,11);. The largest absolute Gasteiger partial charge is 0.478 e. The molecule has 2 unspecified atom stereocenters. The number of nitrogens with zero attached hydrogens (tertiary/aromatic N) is 2. The van der Waals surface area contributed by atoms with Gasteiger partial charge in [0.25, 0.3) is 0 Å². The number of likely N-dealkylation sites (N-methyl/N-ethyl adjacent to an activating group) is 1. The molecule has 1 heterocycles. The van der Waals surface area contributed by atoms with E-state index in [4.69, 9.17) is 5.11 Å². The van der Waals surface area contributed by atoms with E-state index in [-0.39, 0.29) is 28.5 Å². The van der Waals surface area contributed by atoms with E-state index in [0.29, 0.717) is 0 Å². The van der Waals surface area contributed by atoms with Gasteiger partial charge in [-0.2, -0.15) is 0 Å². The van der Waals surface area contributed by atoms with Crippen LogP contribution in [-0.4, -0.2) is 46.2 Å². The molecular weight excluding hydrogens is 375 g/mol. The van der Waals surface area contributed by atoms with Crippen LogP contribution in [0.3, 0.4) is 0 Å². The summed E-state index contributed by atoms with van der Waals surface area (Å²) >= 11 is 4.06. The average Bonchev–Trinajstić information content (AvgIpc) is 2.17.